The molecular formula is C16H36N4O. The van der Waals surface area contributed by atoms with Crippen LogP contribution in [0.4, 0.5) is 0 Å². The van der Waals surface area contributed by atoms with Crippen LogP contribution < -0.4 is 10.6 Å². The Morgan fingerprint density at radius 1 is 1.14 bits per heavy atom. The summed E-state index contributed by atoms with van der Waals surface area (Å²) in [6, 6.07) is 0.603. The van der Waals surface area contributed by atoms with E-state index in [-0.39, 0.29) is 5.54 Å². The molecule has 0 saturated carbocycles. The van der Waals surface area contributed by atoms with Gasteiger partial charge in [0.05, 0.1) is 0 Å². The summed E-state index contributed by atoms with van der Waals surface area (Å²) in [6.07, 6.45) is 1.52. The van der Waals surface area contributed by atoms with E-state index >= 15 is 0 Å². The highest BCUT2D eigenvalue weighted by Gasteiger charge is 2.36. The molecular weight excluding hydrogens is 264 g/mol. The summed E-state index contributed by atoms with van der Waals surface area (Å²) < 4.78 is 0. The Labute approximate surface area is 131 Å². The average Bonchev–Trinajstić information content (AvgIpc) is 2.36. The Kier molecular flexibility index (Phi) is 7.57. The van der Waals surface area contributed by atoms with Gasteiger partial charge in [0.2, 0.25) is 0 Å². The molecule has 126 valence electrons. The Morgan fingerprint density at radius 3 is 2.14 bits per heavy atom. The Morgan fingerprint density at radius 2 is 1.71 bits per heavy atom. The minimum Gasteiger partial charge on any atom is -0.365 e. The summed E-state index contributed by atoms with van der Waals surface area (Å²) in [4.78, 5) is 4.73. The molecule has 0 aromatic heterocycles. The zero-order valence-corrected chi connectivity index (χ0v) is 14.8. The van der Waals surface area contributed by atoms with Gasteiger partial charge < -0.3 is 14.9 Å². The minimum atomic E-state index is -0.627. The zero-order valence-electron chi connectivity index (χ0n) is 14.8. The Balaban J connectivity index is 2.59. The van der Waals surface area contributed by atoms with Gasteiger partial charge in [-0.25, -0.2) is 0 Å². The maximum Gasteiger partial charge on any atom is 0.160 e. The Hall–Kier alpha value is -0.200. The molecule has 3 N–H and O–H groups in total. The summed E-state index contributed by atoms with van der Waals surface area (Å²) >= 11 is 0. The molecule has 1 unspecified atom stereocenters. The molecule has 0 aliphatic carbocycles. The van der Waals surface area contributed by atoms with Crippen molar-refractivity contribution in [1.82, 2.24) is 20.4 Å². The summed E-state index contributed by atoms with van der Waals surface area (Å²) in [5.41, 5.74) is -0.00170. The molecule has 0 aromatic rings. The highest BCUT2D eigenvalue weighted by molar-refractivity contribution is 4.96. The average molecular weight is 300 g/mol. The van der Waals surface area contributed by atoms with Crippen LogP contribution >= 0.6 is 0 Å². The lowest BCUT2D eigenvalue weighted by Gasteiger charge is -2.46. The molecule has 1 aliphatic rings. The van der Waals surface area contributed by atoms with Crippen molar-refractivity contribution >= 4 is 0 Å². The molecule has 5 heteroatoms. The van der Waals surface area contributed by atoms with E-state index in [9.17, 15) is 5.11 Å². The monoisotopic (exact) mass is 300 g/mol. The lowest BCUT2D eigenvalue weighted by atomic mass is 9.86. The summed E-state index contributed by atoms with van der Waals surface area (Å²) in [7, 11) is 4.21. The van der Waals surface area contributed by atoms with E-state index < -0.39 is 6.35 Å². The number of nitrogens with zero attached hydrogens (tertiary/aromatic N) is 2. The SMILES string of the molecule is CC(C)CNC(O)NC1(CN(C)C)CCN(C(C)C)CC1. The number of hydrogen-bond donors (Lipinski definition) is 3. The van der Waals surface area contributed by atoms with Crippen LogP contribution in [-0.4, -0.2) is 73.1 Å². The standard InChI is InChI=1S/C16H36N4O/c1-13(2)11-17-15(21)18-16(12-19(5)6)7-9-20(10-8-16)14(3)4/h13-15,17-18,21H,7-12H2,1-6H3. The topological polar surface area (TPSA) is 50.8 Å². The second-order valence-electron chi connectivity index (χ2n) is 7.50. The van der Waals surface area contributed by atoms with Crippen LogP contribution in [0.25, 0.3) is 0 Å². The van der Waals surface area contributed by atoms with Crippen molar-refractivity contribution < 1.29 is 5.11 Å². The molecule has 1 saturated heterocycles. The fourth-order valence-electron chi connectivity index (χ4n) is 3.11. The maximum atomic E-state index is 10.2. The van der Waals surface area contributed by atoms with Gasteiger partial charge in [-0.1, -0.05) is 13.8 Å². The highest BCUT2D eigenvalue weighted by atomic mass is 16.3. The predicted octanol–water partition coefficient (Wildman–Crippen LogP) is 0.902. The molecule has 1 fully saturated rings. The van der Waals surface area contributed by atoms with Gasteiger partial charge in [0.1, 0.15) is 0 Å². The normalized spacial score (nSPS) is 21.4. The van der Waals surface area contributed by atoms with Gasteiger partial charge in [0, 0.05) is 37.8 Å². The number of piperidine rings is 1. The van der Waals surface area contributed by atoms with Crippen LogP contribution in [0.5, 0.6) is 0 Å². The quantitative estimate of drug-likeness (QED) is 0.582. The van der Waals surface area contributed by atoms with Crippen LogP contribution in [0.1, 0.15) is 40.5 Å². The van der Waals surface area contributed by atoms with E-state index in [1.165, 1.54) is 0 Å². The van der Waals surface area contributed by atoms with E-state index in [0.717, 1.165) is 39.0 Å². The predicted molar refractivity (Wildman–Crippen MR) is 89.2 cm³/mol. The number of hydrogen-bond acceptors (Lipinski definition) is 5. The molecule has 0 amide bonds. The molecule has 1 aliphatic heterocycles. The second kappa shape index (κ2) is 8.44. The third kappa shape index (κ3) is 6.61. The molecule has 0 aromatic carbocycles. The first-order chi connectivity index (χ1) is 9.74. The van der Waals surface area contributed by atoms with Crippen LogP contribution in [0, 0.1) is 5.92 Å². The zero-order chi connectivity index (χ0) is 16.0. The van der Waals surface area contributed by atoms with Gasteiger partial charge in [-0.05, 0) is 46.7 Å². The van der Waals surface area contributed by atoms with E-state index in [2.05, 4.69) is 62.2 Å². The number of likely N-dealkylation sites (tertiary alicyclic amines) is 1. The van der Waals surface area contributed by atoms with Crippen molar-refractivity contribution in [1.29, 1.82) is 0 Å². The van der Waals surface area contributed by atoms with Gasteiger partial charge in [0.15, 0.2) is 6.35 Å². The number of aliphatic hydroxyl groups excluding tert-OH is 1. The number of aliphatic hydroxyl groups is 1. The second-order valence-corrected chi connectivity index (χ2v) is 7.50. The first kappa shape index (κ1) is 18.8. The van der Waals surface area contributed by atoms with E-state index in [4.69, 9.17) is 0 Å². The summed E-state index contributed by atoms with van der Waals surface area (Å²) in [5.74, 6) is 0.536. The molecule has 5 nitrogen and oxygen atoms in total. The fraction of sp³-hybridized carbons (Fsp3) is 1.00. The highest BCUT2D eigenvalue weighted by Crippen LogP contribution is 2.24. The van der Waals surface area contributed by atoms with Crippen molar-refractivity contribution in [2.45, 2.75) is 58.5 Å². The lowest BCUT2D eigenvalue weighted by molar-refractivity contribution is 0.0151. The lowest BCUT2D eigenvalue weighted by Crippen LogP contribution is -2.64. The van der Waals surface area contributed by atoms with Gasteiger partial charge in [0.25, 0.3) is 0 Å². The van der Waals surface area contributed by atoms with Crippen molar-refractivity contribution in [3.05, 3.63) is 0 Å². The summed E-state index contributed by atoms with van der Waals surface area (Å²) in [5, 5.41) is 16.9. The van der Waals surface area contributed by atoms with Crippen LogP contribution in [0.3, 0.4) is 0 Å². The van der Waals surface area contributed by atoms with Gasteiger partial charge in [-0.2, -0.15) is 0 Å². The third-order valence-corrected chi connectivity index (χ3v) is 4.27. The molecule has 21 heavy (non-hydrogen) atoms. The largest absolute Gasteiger partial charge is 0.365 e. The first-order valence-electron chi connectivity index (χ1n) is 8.32. The fourth-order valence-corrected chi connectivity index (χ4v) is 3.11. The van der Waals surface area contributed by atoms with Crippen molar-refractivity contribution in [3.8, 4) is 0 Å². The van der Waals surface area contributed by atoms with E-state index in [1.807, 2.05) is 0 Å². The first-order valence-corrected chi connectivity index (χ1v) is 8.32. The minimum absolute atomic E-state index is 0.00170. The molecule has 1 rings (SSSR count). The number of likely N-dealkylation sites (N-methyl/N-ethyl adjacent to an activating group) is 1. The Bertz CT molecular complexity index is 286. The molecule has 0 bridgehead atoms. The smallest absolute Gasteiger partial charge is 0.160 e. The van der Waals surface area contributed by atoms with Crippen molar-refractivity contribution in [3.63, 3.8) is 0 Å². The molecule has 0 radical (unpaired) electrons. The van der Waals surface area contributed by atoms with E-state index in [0.29, 0.717) is 12.0 Å². The van der Waals surface area contributed by atoms with Gasteiger partial charge in [-0.15, -0.1) is 0 Å². The van der Waals surface area contributed by atoms with Gasteiger partial charge in [-0.3, -0.25) is 10.6 Å². The number of nitrogens with one attached hydrogen (secondary N) is 2. The molecule has 1 heterocycles. The third-order valence-electron chi connectivity index (χ3n) is 4.27. The van der Waals surface area contributed by atoms with E-state index in [1.54, 1.807) is 0 Å². The van der Waals surface area contributed by atoms with Crippen LogP contribution in [-0.2, 0) is 0 Å². The van der Waals surface area contributed by atoms with Crippen molar-refractivity contribution in [2.24, 2.45) is 5.92 Å². The van der Waals surface area contributed by atoms with Crippen molar-refractivity contribution in [2.75, 3.05) is 40.3 Å². The molecule has 0 spiro atoms. The number of rotatable bonds is 8. The van der Waals surface area contributed by atoms with Gasteiger partial charge >= 0.3 is 0 Å². The maximum absolute atomic E-state index is 10.2. The van der Waals surface area contributed by atoms with Crippen LogP contribution in [0.15, 0.2) is 0 Å². The molecule has 1 atom stereocenters. The van der Waals surface area contributed by atoms with Crippen LogP contribution in [0.2, 0.25) is 0 Å². The summed E-state index contributed by atoms with van der Waals surface area (Å²) in [6.45, 7) is 12.8.